The van der Waals surface area contributed by atoms with E-state index in [-0.39, 0.29) is 64.8 Å². The maximum Gasteiger partial charge on any atom is 0.308 e. The number of fused-ring (bicyclic) bond motifs is 6. The molecule has 8 rings (SSSR count). The van der Waals surface area contributed by atoms with Crippen molar-refractivity contribution in [2.45, 2.75) is 109 Å². The highest BCUT2D eigenvalue weighted by Crippen LogP contribution is 2.74. The highest BCUT2D eigenvalue weighted by molar-refractivity contribution is 7.94. The number of rotatable bonds is 4. The molecule has 0 N–H and O–H groups in total. The third-order valence-electron chi connectivity index (χ3n) is 14.7. The molecule has 0 aromatic heterocycles. The third kappa shape index (κ3) is 4.43. The molecule has 3 aliphatic heterocycles. The number of nitrogens with zero attached hydrogens (tertiary/aromatic N) is 1. The number of benzene rings is 1. The first-order valence-electron chi connectivity index (χ1n) is 17.3. The Hall–Kier alpha value is -1.57. The average Bonchev–Trinajstić information content (AvgIpc) is 3.78. The number of sulfonamides is 1. The Balaban J connectivity index is 1.30. The molecule has 4 aliphatic carbocycles. The Morgan fingerprint density at radius 2 is 1.36 bits per heavy atom. The SMILES string of the molecule is COC(=O)C[C@H]1N(Cc2ccccc2)S(=O)(=O)CC23CCC(C4CC(OC5CC6C7CCC(CS1(=O)=O)(C6O5)C7(C)C)OC42)C3(C)C. The Bertz CT molecular complexity index is 1660. The molecule has 4 saturated carbocycles. The quantitative estimate of drug-likeness (QED) is 0.420. The molecule has 1 aromatic rings. The summed E-state index contributed by atoms with van der Waals surface area (Å²) in [5, 5.41) is -1.63. The number of hydrogen-bond donors (Lipinski definition) is 0. The zero-order valence-electron chi connectivity index (χ0n) is 28.1. The second-order valence-corrected chi connectivity index (χ2v) is 20.9. The van der Waals surface area contributed by atoms with Crippen LogP contribution in [0.5, 0.6) is 0 Å². The van der Waals surface area contributed by atoms with Crippen molar-refractivity contribution in [1.82, 2.24) is 4.31 Å². The number of carbonyl (C=O) groups is 1. The van der Waals surface area contributed by atoms with Gasteiger partial charge in [-0.15, -0.1) is 0 Å². The summed E-state index contributed by atoms with van der Waals surface area (Å²) in [5.41, 5.74) is -1.58. The summed E-state index contributed by atoms with van der Waals surface area (Å²) in [7, 11) is -7.37. The zero-order chi connectivity index (χ0) is 33.4. The van der Waals surface area contributed by atoms with E-state index in [0.29, 0.717) is 31.2 Å². The van der Waals surface area contributed by atoms with Crippen molar-refractivity contribution in [3.05, 3.63) is 35.9 Å². The Morgan fingerprint density at radius 1 is 0.830 bits per heavy atom. The second kappa shape index (κ2) is 10.5. The Morgan fingerprint density at radius 3 is 1.89 bits per heavy atom. The van der Waals surface area contributed by atoms with Crippen LogP contribution >= 0.6 is 0 Å². The minimum absolute atomic E-state index is 0.137. The second-order valence-electron chi connectivity index (χ2n) is 16.8. The van der Waals surface area contributed by atoms with E-state index in [9.17, 15) is 4.79 Å². The smallest absolute Gasteiger partial charge is 0.308 e. The molecule has 2 spiro atoms. The number of ether oxygens (including phenoxy) is 4. The Labute approximate surface area is 279 Å². The summed E-state index contributed by atoms with van der Waals surface area (Å²) in [5.74, 6) is -0.511. The van der Waals surface area contributed by atoms with E-state index in [4.69, 9.17) is 18.9 Å². The molecule has 0 amide bonds. The fourth-order valence-corrected chi connectivity index (χ4v) is 17.8. The molecular formula is C35H49NO9S2. The van der Waals surface area contributed by atoms with E-state index in [1.807, 2.05) is 18.2 Å². The van der Waals surface area contributed by atoms with Crippen LogP contribution in [0.15, 0.2) is 30.3 Å². The molecule has 3 heterocycles. The number of hydrogen-bond acceptors (Lipinski definition) is 9. The number of sulfone groups is 1. The van der Waals surface area contributed by atoms with Gasteiger partial charge in [-0.3, -0.25) is 4.79 Å². The van der Waals surface area contributed by atoms with Crippen LogP contribution in [-0.2, 0) is 50.1 Å². The van der Waals surface area contributed by atoms with Crippen LogP contribution < -0.4 is 0 Å². The van der Waals surface area contributed by atoms with Crippen LogP contribution in [0.3, 0.4) is 0 Å². The fraction of sp³-hybridized carbons (Fsp3) is 0.800. The highest BCUT2D eigenvalue weighted by Gasteiger charge is 2.75. The molecule has 10 unspecified atom stereocenters. The summed E-state index contributed by atoms with van der Waals surface area (Å²) >= 11 is 0. The summed E-state index contributed by atoms with van der Waals surface area (Å²) in [4.78, 5) is 13.1. The average molecular weight is 692 g/mol. The minimum Gasteiger partial charge on any atom is -0.469 e. The summed E-state index contributed by atoms with van der Waals surface area (Å²) in [6.07, 6.45) is 2.20. The van der Waals surface area contributed by atoms with E-state index < -0.39 is 61.0 Å². The number of carbonyl (C=O) groups excluding carboxylic acids is 1. The molecule has 0 radical (unpaired) electrons. The lowest BCUT2D eigenvalue weighted by molar-refractivity contribution is -0.252. The summed E-state index contributed by atoms with van der Waals surface area (Å²) in [6, 6.07) is 9.05. The molecule has 7 fully saturated rings. The van der Waals surface area contributed by atoms with Crippen molar-refractivity contribution in [2.24, 2.45) is 45.3 Å². The van der Waals surface area contributed by atoms with Gasteiger partial charge < -0.3 is 18.9 Å². The molecule has 260 valence electrons. The summed E-state index contributed by atoms with van der Waals surface area (Å²) < 4.78 is 86.6. The van der Waals surface area contributed by atoms with E-state index in [2.05, 4.69) is 27.7 Å². The molecule has 1 aromatic carbocycles. The molecular weight excluding hydrogens is 643 g/mol. The van der Waals surface area contributed by atoms with E-state index in [1.165, 1.54) is 7.11 Å². The van der Waals surface area contributed by atoms with Crippen molar-refractivity contribution in [1.29, 1.82) is 0 Å². The number of methoxy groups -OCH3 is 1. The maximum atomic E-state index is 15.1. The predicted octanol–water partition coefficient (Wildman–Crippen LogP) is 4.49. The molecule has 47 heavy (non-hydrogen) atoms. The standard InChI is InChI=1S/C35H49NO9S2/c1-32(2)24-11-13-34(32)19-46(38,39)26(17-27(37)42-5)36(18-21-9-7-6-8-10-21)47(40,41)20-35-14-12-25(33(35,3)4)23-16-29(45-31(23)35)43-28-15-22(24)30(34)44-28/h6-10,22-26,28-31H,11-20H2,1-5H3/t22?,23?,24?,25?,26-,28?,29?,30?,31?,34?,35?/m0/s1. The van der Waals surface area contributed by atoms with Gasteiger partial charge in [-0.25, -0.2) is 16.8 Å². The van der Waals surface area contributed by atoms with Gasteiger partial charge in [0.1, 0.15) is 5.37 Å². The fourth-order valence-electron chi connectivity index (χ4n) is 12.3. The summed E-state index contributed by atoms with van der Waals surface area (Å²) in [6.45, 7) is 8.40. The first-order chi connectivity index (χ1) is 22.1. The van der Waals surface area contributed by atoms with Crippen molar-refractivity contribution < 1.29 is 40.6 Å². The topological polar surface area (TPSA) is 126 Å². The molecule has 12 heteroatoms. The van der Waals surface area contributed by atoms with E-state index in [1.54, 1.807) is 12.1 Å². The van der Waals surface area contributed by atoms with Crippen LogP contribution in [0.25, 0.3) is 0 Å². The first-order valence-corrected chi connectivity index (χ1v) is 20.7. The Kier molecular flexibility index (Phi) is 7.27. The van der Waals surface area contributed by atoms with Gasteiger partial charge in [0, 0.05) is 30.2 Å². The van der Waals surface area contributed by atoms with E-state index in [0.717, 1.165) is 17.1 Å². The third-order valence-corrected chi connectivity index (χ3v) is 19.0. The predicted molar refractivity (Wildman–Crippen MR) is 172 cm³/mol. The van der Waals surface area contributed by atoms with Gasteiger partial charge in [-0.2, -0.15) is 4.31 Å². The molecule has 8 bridgehead atoms. The zero-order valence-corrected chi connectivity index (χ0v) is 29.7. The normalized spacial score (nSPS) is 46.6. The van der Waals surface area contributed by atoms with Gasteiger partial charge in [-0.05, 0) is 65.7 Å². The lowest BCUT2D eigenvalue weighted by atomic mass is 9.69. The van der Waals surface area contributed by atoms with E-state index >= 15 is 16.8 Å². The molecule has 7 aliphatic rings. The van der Waals surface area contributed by atoms with Crippen LogP contribution in [0, 0.1) is 45.3 Å². The van der Waals surface area contributed by atoms with Crippen molar-refractivity contribution in [2.75, 3.05) is 18.6 Å². The van der Waals surface area contributed by atoms with Gasteiger partial charge >= 0.3 is 5.97 Å². The van der Waals surface area contributed by atoms with Gasteiger partial charge in [0.2, 0.25) is 10.0 Å². The van der Waals surface area contributed by atoms with Gasteiger partial charge in [0.25, 0.3) is 0 Å². The monoisotopic (exact) mass is 691 g/mol. The highest BCUT2D eigenvalue weighted by atomic mass is 32.2. The van der Waals surface area contributed by atoms with Crippen molar-refractivity contribution in [3.63, 3.8) is 0 Å². The maximum absolute atomic E-state index is 15.1. The van der Waals surface area contributed by atoms with Crippen LogP contribution in [0.2, 0.25) is 0 Å². The lowest BCUT2D eigenvalue weighted by Crippen LogP contribution is -2.55. The largest absolute Gasteiger partial charge is 0.469 e. The molecule has 11 atom stereocenters. The first kappa shape index (κ1) is 32.6. The van der Waals surface area contributed by atoms with Crippen LogP contribution in [0.4, 0.5) is 0 Å². The minimum atomic E-state index is -4.30. The van der Waals surface area contributed by atoms with Gasteiger partial charge in [0.05, 0.1) is 37.2 Å². The number of esters is 1. The van der Waals surface area contributed by atoms with Crippen molar-refractivity contribution in [3.8, 4) is 0 Å². The van der Waals surface area contributed by atoms with Gasteiger partial charge in [-0.1, -0.05) is 58.0 Å². The molecule has 10 nitrogen and oxygen atoms in total. The lowest BCUT2D eigenvalue weighted by Gasteiger charge is -2.44. The van der Waals surface area contributed by atoms with Crippen molar-refractivity contribution >= 4 is 25.8 Å². The van der Waals surface area contributed by atoms with Crippen LogP contribution in [-0.4, -0.2) is 75.9 Å². The van der Waals surface area contributed by atoms with Gasteiger partial charge in [0.15, 0.2) is 22.4 Å². The van der Waals surface area contributed by atoms with Crippen LogP contribution in [0.1, 0.15) is 78.2 Å². The molecule has 3 saturated heterocycles.